The number of nitrogen functional groups attached to an aromatic ring is 1. The number of hydrazine groups is 1. The summed E-state index contributed by atoms with van der Waals surface area (Å²) in [5.41, 5.74) is 3.65. The van der Waals surface area contributed by atoms with Gasteiger partial charge in [0.15, 0.2) is 0 Å². The second kappa shape index (κ2) is 7.52. The Hall–Kier alpha value is -1.90. The van der Waals surface area contributed by atoms with Gasteiger partial charge in [-0.1, -0.05) is 18.2 Å². The monoisotopic (exact) mass is 260 g/mol. The van der Waals surface area contributed by atoms with Gasteiger partial charge in [-0.25, -0.2) is 5.84 Å². The zero-order chi connectivity index (χ0) is 14.3. The molecule has 5 heteroatoms. The summed E-state index contributed by atoms with van der Waals surface area (Å²) in [6.07, 6.45) is 0.476. The Balaban J connectivity index is 2.90. The average molecular weight is 260 g/mol. The first-order valence-electron chi connectivity index (χ1n) is 6.30. The normalized spacial score (nSPS) is 10.5. The maximum Gasteiger partial charge on any atom is 0.265 e. The minimum atomic E-state index is -0.292. The molecular weight excluding hydrogens is 240 g/mol. The molecule has 3 N–H and O–H groups in total. The van der Waals surface area contributed by atoms with Crippen LogP contribution < -0.4 is 11.3 Å². The first-order valence-corrected chi connectivity index (χ1v) is 6.30. The van der Waals surface area contributed by atoms with Crippen molar-refractivity contribution in [3.8, 4) is 6.07 Å². The predicted molar refractivity (Wildman–Crippen MR) is 73.9 cm³/mol. The van der Waals surface area contributed by atoms with Crippen molar-refractivity contribution in [3.63, 3.8) is 0 Å². The summed E-state index contributed by atoms with van der Waals surface area (Å²) in [5.74, 6) is 4.90. The summed E-state index contributed by atoms with van der Waals surface area (Å²) in [6.45, 7) is 5.46. The van der Waals surface area contributed by atoms with Crippen molar-refractivity contribution in [1.29, 1.82) is 5.26 Å². The number of carbonyl (C=O) groups excluding carboxylic acids is 1. The molecule has 1 amide bonds. The molecule has 1 rings (SSSR count). The van der Waals surface area contributed by atoms with E-state index in [-0.39, 0.29) is 5.91 Å². The highest BCUT2D eigenvalue weighted by Gasteiger charge is 2.14. The number of nitrogens with one attached hydrogen (secondary N) is 1. The van der Waals surface area contributed by atoms with Crippen LogP contribution >= 0.6 is 0 Å². The number of nitrogens with two attached hydrogens (primary N) is 1. The molecule has 0 spiro atoms. The van der Waals surface area contributed by atoms with Crippen LogP contribution in [0.25, 0.3) is 0 Å². The first-order chi connectivity index (χ1) is 9.10. The third kappa shape index (κ3) is 4.36. The fourth-order valence-electron chi connectivity index (χ4n) is 1.89. The van der Waals surface area contributed by atoms with E-state index in [1.54, 1.807) is 6.07 Å². The first kappa shape index (κ1) is 15.2. The molecule has 0 aliphatic carbocycles. The van der Waals surface area contributed by atoms with Crippen LogP contribution in [0.3, 0.4) is 0 Å². The molecule has 1 aromatic rings. The van der Waals surface area contributed by atoms with E-state index in [9.17, 15) is 4.79 Å². The lowest BCUT2D eigenvalue weighted by molar-refractivity contribution is 0.0951. The van der Waals surface area contributed by atoms with Crippen LogP contribution in [0.1, 0.15) is 36.2 Å². The largest absolute Gasteiger partial charge is 0.296 e. The van der Waals surface area contributed by atoms with Crippen molar-refractivity contribution in [3.05, 3.63) is 35.4 Å². The van der Waals surface area contributed by atoms with E-state index in [0.717, 1.165) is 5.56 Å². The lowest BCUT2D eigenvalue weighted by Gasteiger charge is -2.26. The van der Waals surface area contributed by atoms with Crippen LogP contribution in [0.4, 0.5) is 0 Å². The summed E-state index contributed by atoms with van der Waals surface area (Å²) < 4.78 is 0. The average Bonchev–Trinajstić information content (AvgIpc) is 2.42. The van der Waals surface area contributed by atoms with Gasteiger partial charge in [-0.2, -0.15) is 5.26 Å². The number of hydrogen-bond donors (Lipinski definition) is 2. The minimum Gasteiger partial charge on any atom is -0.296 e. The number of hydrogen-bond acceptors (Lipinski definition) is 4. The number of rotatable bonds is 6. The molecule has 1 aromatic carbocycles. The van der Waals surface area contributed by atoms with Gasteiger partial charge in [0, 0.05) is 31.1 Å². The van der Waals surface area contributed by atoms with E-state index < -0.39 is 0 Å². The minimum absolute atomic E-state index is 0.292. The molecule has 5 nitrogen and oxygen atoms in total. The Morgan fingerprint density at radius 1 is 1.47 bits per heavy atom. The number of carbonyl (C=O) groups is 1. The third-order valence-corrected chi connectivity index (χ3v) is 3.01. The van der Waals surface area contributed by atoms with Crippen molar-refractivity contribution in [2.45, 2.75) is 32.9 Å². The van der Waals surface area contributed by atoms with Gasteiger partial charge in [-0.3, -0.25) is 15.1 Å². The van der Waals surface area contributed by atoms with Gasteiger partial charge in [0.25, 0.3) is 5.91 Å². The SMILES string of the molecule is CC(C)N(CCC#N)Cc1ccccc1C(=O)NN. The maximum absolute atomic E-state index is 11.7. The molecule has 0 aliphatic rings. The van der Waals surface area contributed by atoms with Gasteiger partial charge in [-0.15, -0.1) is 0 Å². The van der Waals surface area contributed by atoms with Crippen molar-refractivity contribution in [2.24, 2.45) is 5.84 Å². The molecule has 0 fully saturated rings. The summed E-state index contributed by atoms with van der Waals surface area (Å²) >= 11 is 0. The summed E-state index contributed by atoms with van der Waals surface area (Å²) in [7, 11) is 0. The van der Waals surface area contributed by atoms with Gasteiger partial charge in [0.1, 0.15) is 0 Å². The lowest BCUT2D eigenvalue weighted by atomic mass is 10.1. The van der Waals surface area contributed by atoms with E-state index in [1.165, 1.54) is 0 Å². The molecular formula is C14H20N4O. The van der Waals surface area contributed by atoms with Crippen LogP contribution in [-0.2, 0) is 6.54 Å². The Morgan fingerprint density at radius 3 is 2.74 bits per heavy atom. The number of amides is 1. The molecule has 19 heavy (non-hydrogen) atoms. The Kier molecular flexibility index (Phi) is 6.00. The molecule has 0 heterocycles. The van der Waals surface area contributed by atoms with E-state index in [2.05, 4.69) is 30.2 Å². The summed E-state index contributed by atoms with van der Waals surface area (Å²) in [4.78, 5) is 13.9. The molecule has 0 aromatic heterocycles. The number of nitrogens with zero attached hydrogens (tertiary/aromatic N) is 2. The van der Waals surface area contributed by atoms with E-state index in [1.807, 2.05) is 18.2 Å². The van der Waals surface area contributed by atoms with Gasteiger partial charge in [0.05, 0.1) is 6.07 Å². The van der Waals surface area contributed by atoms with Gasteiger partial charge >= 0.3 is 0 Å². The molecule has 102 valence electrons. The Morgan fingerprint density at radius 2 is 2.16 bits per heavy atom. The second-order valence-electron chi connectivity index (χ2n) is 4.60. The highest BCUT2D eigenvalue weighted by Crippen LogP contribution is 2.14. The number of benzene rings is 1. The quantitative estimate of drug-likeness (QED) is 0.460. The fourth-order valence-corrected chi connectivity index (χ4v) is 1.89. The van der Waals surface area contributed by atoms with Crippen molar-refractivity contribution in [2.75, 3.05) is 6.54 Å². The van der Waals surface area contributed by atoms with Gasteiger partial charge in [0.2, 0.25) is 0 Å². The zero-order valence-corrected chi connectivity index (χ0v) is 11.4. The highest BCUT2D eigenvalue weighted by molar-refractivity contribution is 5.95. The van der Waals surface area contributed by atoms with Crippen LogP contribution in [-0.4, -0.2) is 23.4 Å². The zero-order valence-electron chi connectivity index (χ0n) is 11.4. The van der Waals surface area contributed by atoms with Crippen LogP contribution in [0.5, 0.6) is 0 Å². The molecule has 0 bridgehead atoms. The van der Waals surface area contributed by atoms with Crippen molar-refractivity contribution in [1.82, 2.24) is 10.3 Å². The van der Waals surface area contributed by atoms with Gasteiger partial charge in [-0.05, 0) is 25.5 Å². The molecule has 0 radical (unpaired) electrons. The third-order valence-electron chi connectivity index (χ3n) is 3.01. The lowest BCUT2D eigenvalue weighted by Crippen LogP contribution is -2.34. The molecule has 0 unspecified atom stereocenters. The van der Waals surface area contributed by atoms with E-state index in [0.29, 0.717) is 31.1 Å². The Bertz CT molecular complexity index is 465. The van der Waals surface area contributed by atoms with Crippen molar-refractivity contribution >= 4 is 5.91 Å². The summed E-state index contributed by atoms with van der Waals surface area (Å²) in [6, 6.07) is 9.82. The van der Waals surface area contributed by atoms with Crippen LogP contribution in [0.2, 0.25) is 0 Å². The number of nitriles is 1. The molecule has 0 saturated carbocycles. The molecule has 0 saturated heterocycles. The molecule has 0 atom stereocenters. The van der Waals surface area contributed by atoms with Crippen LogP contribution in [0, 0.1) is 11.3 Å². The predicted octanol–water partition coefficient (Wildman–Crippen LogP) is 1.41. The van der Waals surface area contributed by atoms with Gasteiger partial charge < -0.3 is 0 Å². The highest BCUT2D eigenvalue weighted by atomic mass is 16.2. The molecule has 0 aliphatic heterocycles. The van der Waals surface area contributed by atoms with Crippen molar-refractivity contribution < 1.29 is 4.79 Å². The fraction of sp³-hybridized carbons (Fsp3) is 0.429. The maximum atomic E-state index is 11.7. The summed E-state index contributed by atoms with van der Waals surface area (Å²) in [5, 5.41) is 8.69. The standard InChI is InChI=1S/C14H20N4O/c1-11(2)18(9-5-8-15)10-12-6-3-4-7-13(12)14(19)17-16/h3-4,6-7,11H,5,9-10,16H2,1-2H3,(H,17,19). The topological polar surface area (TPSA) is 82.2 Å². The van der Waals surface area contributed by atoms with E-state index in [4.69, 9.17) is 11.1 Å². The van der Waals surface area contributed by atoms with Crippen LogP contribution in [0.15, 0.2) is 24.3 Å². The smallest absolute Gasteiger partial charge is 0.265 e. The van der Waals surface area contributed by atoms with E-state index >= 15 is 0 Å². The Labute approximate surface area is 114 Å². The second-order valence-corrected chi connectivity index (χ2v) is 4.60.